The number of benzene rings is 2. The number of sulfonamides is 1. The summed E-state index contributed by atoms with van der Waals surface area (Å²) in [6.07, 6.45) is 0.201. The summed E-state index contributed by atoms with van der Waals surface area (Å²) >= 11 is 0. The van der Waals surface area contributed by atoms with Crippen molar-refractivity contribution in [3.8, 4) is 0 Å². The Labute approximate surface area is 166 Å². The van der Waals surface area contributed by atoms with Crippen LogP contribution in [0.4, 0.5) is 11.4 Å². The number of hydrogen-bond donors (Lipinski definition) is 1. The lowest BCUT2D eigenvalue weighted by atomic mass is 10.2. The van der Waals surface area contributed by atoms with Gasteiger partial charge in [-0.15, -0.1) is 0 Å². The molecule has 0 aromatic heterocycles. The fourth-order valence-corrected chi connectivity index (χ4v) is 4.22. The van der Waals surface area contributed by atoms with Gasteiger partial charge in [0.15, 0.2) is 0 Å². The average Bonchev–Trinajstić information content (AvgIpc) is 2.92. The van der Waals surface area contributed by atoms with E-state index in [0.29, 0.717) is 6.54 Å². The molecule has 0 saturated heterocycles. The first kappa shape index (κ1) is 20.2. The molecule has 150 valence electrons. The van der Waals surface area contributed by atoms with Gasteiger partial charge < -0.3 is 14.5 Å². The third-order valence-corrected chi connectivity index (χ3v) is 6.30. The molecule has 1 unspecified atom stereocenters. The van der Waals surface area contributed by atoms with Gasteiger partial charge in [-0.25, -0.2) is 8.42 Å². The summed E-state index contributed by atoms with van der Waals surface area (Å²) in [5, 5.41) is 0. The summed E-state index contributed by atoms with van der Waals surface area (Å²) in [7, 11) is -1.69. The summed E-state index contributed by atoms with van der Waals surface area (Å²) < 4.78 is 31.6. The van der Waals surface area contributed by atoms with Crippen LogP contribution in [0.25, 0.3) is 0 Å². The van der Waals surface area contributed by atoms with Crippen LogP contribution in [0.15, 0.2) is 53.4 Å². The standard InChI is InChI=1S/C20H25N3O4S/c1-4-27-20(24)13-21-28(25,26)17-11-9-16(10-12-17)14-23-15(2)22(3)18-7-5-6-8-19(18)23/h5-12,15,21H,4,13-14H2,1-3H3. The molecule has 0 fully saturated rings. The SMILES string of the molecule is CCOC(=O)CNS(=O)(=O)c1ccc(CN2c3ccccc3N(C)C2C)cc1. The Morgan fingerprint density at radius 1 is 1.11 bits per heavy atom. The van der Waals surface area contributed by atoms with E-state index in [0.717, 1.165) is 11.3 Å². The van der Waals surface area contributed by atoms with Crippen molar-refractivity contribution in [1.82, 2.24) is 4.72 Å². The highest BCUT2D eigenvalue weighted by molar-refractivity contribution is 7.89. The Hall–Kier alpha value is -2.58. The molecule has 28 heavy (non-hydrogen) atoms. The predicted molar refractivity (Wildman–Crippen MR) is 109 cm³/mol. The van der Waals surface area contributed by atoms with Gasteiger partial charge in [-0.2, -0.15) is 4.72 Å². The van der Waals surface area contributed by atoms with Crippen molar-refractivity contribution in [1.29, 1.82) is 0 Å². The number of esters is 1. The smallest absolute Gasteiger partial charge is 0.321 e. The molecule has 0 bridgehead atoms. The highest BCUT2D eigenvalue weighted by atomic mass is 32.2. The Morgan fingerprint density at radius 3 is 2.39 bits per heavy atom. The molecule has 7 nitrogen and oxygen atoms in total. The van der Waals surface area contributed by atoms with E-state index in [-0.39, 0.29) is 24.2 Å². The number of carbonyl (C=O) groups is 1. The van der Waals surface area contributed by atoms with Crippen LogP contribution in [-0.4, -0.2) is 40.8 Å². The van der Waals surface area contributed by atoms with Gasteiger partial charge in [-0.1, -0.05) is 24.3 Å². The normalized spacial score (nSPS) is 16.2. The summed E-state index contributed by atoms with van der Waals surface area (Å²) in [4.78, 5) is 16.0. The number of carbonyl (C=O) groups excluding carboxylic acids is 1. The second kappa shape index (κ2) is 8.20. The minimum atomic E-state index is -3.76. The zero-order chi connectivity index (χ0) is 20.3. The average molecular weight is 404 g/mol. The monoisotopic (exact) mass is 403 g/mol. The van der Waals surface area contributed by atoms with Gasteiger partial charge >= 0.3 is 5.97 Å². The van der Waals surface area contributed by atoms with Crippen LogP contribution >= 0.6 is 0 Å². The topological polar surface area (TPSA) is 78.9 Å². The molecule has 8 heteroatoms. The van der Waals surface area contributed by atoms with Gasteiger partial charge in [-0.3, -0.25) is 4.79 Å². The van der Waals surface area contributed by atoms with Gasteiger partial charge in [0.25, 0.3) is 0 Å². The summed E-state index contributed by atoms with van der Waals surface area (Å²) in [5.41, 5.74) is 3.34. The second-order valence-electron chi connectivity index (χ2n) is 6.63. The van der Waals surface area contributed by atoms with Gasteiger partial charge in [0, 0.05) is 13.6 Å². The molecular weight excluding hydrogens is 378 g/mol. The van der Waals surface area contributed by atoms with Crippen molar-refractivity contribution < 1.29 is 17.9 Å². The maximum atomic E-state index is 12.3. The van der Waals surface area contributed by atoms with Gasteiger partial charge in [0.1, 0.15) is 6.54 Å². The number of fused-ring (bicyclic) bond motifs is 1. The number of nitrogens with one attached hydrogen (secondary N) is 1. The van der Waals surface area contributed by atoms with Crippen LogP contribution in [0.2, 0.25) is 0 Å². The maximum Gasteiger partial charge on any atom is 0.321 e. The lowest BCUT2D eigenvalue weighted by molar-refractivity contribution is -0.141. The van der Waals surface area contributed by atoms with E-state index < -0.39 is 16.0 Å². The number of para-hydroxylation sites is 2. The van der Waals surface area contributed by atoms with Crippen molar-refractivity contribution in [2.24, 2.45) is 0 Å². The zero-order valence-electron chi connectivity index (χ0n) is 16.3. The lowest BCUT2D eigenvalue weighted by Gasteiger charge is -2.27. The first-order valence-electron chi connectivity index (χ1n) is 9.16. The fourth-order valence-electron chi connectivity index (χ4n) is 3.25. The highest BCUT2D eigenvalue weighted by Crippen LogP contribution is 2.39. The molecule has 3 rings (SSSR count). The maximum absolute atomic E-state index is 12.3. The molecule has 0 saturated carbocycles. The Kier molecular flexibility index (Phi) is 5.90. The number of anilines is 2. The molecule has 0 amide bonds. The van der Waals surface area contributed by atoms with Crippen LogP contribution in [0.5, 0.6) is 0 Å². The van der Waals surface area contributed by atoms with Crippen molar-refractivity contribution in [3.05, 3.63) is 54.1 Å². The van der Waals surface area contributed by atoms with Crippen molar-refractivity contribution in [2.45, 2.75) is 31.5 Å². The lowest BCUT2D eigenvalue weighted by Crippen LogP contribution is -2.38. The highest BCUT2D eigenvalue weighted by Gasteiger charge is 2.29. The second-order valence-corrected chi connectivity index (χ2v) is 8.40. The minimum absolute atomic E-state index is 0.118. The van der Waals surface area contributed by atoms with E-state index in [1.807, 2.05) is 12.1 Å². The van der Waals surface area contributed by atoms with Crippen molar-refractivity contribution >= 4 is 27.4 Å². The molecule has 1 N–H and O–H groups in total. The van der Waals surface area contributed by atoms with Gasteiger partial charge in [0.05, 0.1) is 29.0 Å². The van der Waals surface area contributed by atoms with Crippen LogP contribution in [0.1, 0.15) is 19.4 Å². The molecule has 1 aliphatic rings. The van der Waals surface area contributed by atoms with Gasteiger partial charge in [-0.05, 0) is 43.7 Å². The van der Waals surface area contributed by atoms with E-state index in [2.05, 4.69) is 40.6 Å². The van der Waals surface area contributed by atoms with Crippen LogP contribution < -0.4 is 14.5 Å². The van der Waals surface area contributed by atoms with Gasteiger partial charge in [0.2, 0.25) is 10.0 Å². The zero-order valence-corrected chi connectivity index (χ0v) is 17.1. The van der Waals surface area contributed by atoms with Crippen LogP contribution in [-0.2, 0) is 26.1 Å². The van der Waals surface area contributed by atoms with E-state index in [1.165, 1.54) is 5.69 Å². The predicted octanol–water partition coefficient (Wildman–Crippen LogP) is 2.33. The van der Waals surface area contributed by atoms with E-state index in [1.54, 1.807) is 31.2 Å². The van der Waals surface area contributed by atoms with E-state index >= 15 is 0 Å². The molecule has 1 atom stereocenters. The number of rotatable bonds is 7. The Balaban J connectivity index is 1.71. The number of hydrogen-bond acceptors (Lipinski definition) is 6. The Bertz CT molecular complexity index is 944. The fraction of sp³-hybridized carbons (Fsp3) is 0.350. The molecule has 0 radical (unpaired) electrons. The first-order valence-corrected chi connectivity index (χ1v) is 10.6. The third kappa shape index (κ3) is 4.13. The summed E-state index contributed by atoms with van der Waals surface area (Å²) in [5.74, 6) is -0.603. The molecule has 0 spiro atoms. The van der Waals surface area contributed by atoms with E-state index in [4.69, 9.17) is 4.74 Å². The molecular formula is C20H25N3O4S. The number of ether oxygens (including phenoxy) is 1. The Morgan fingerprint density at radius 2 is 1.75 bits per heavy atom. The molecule has 2 aromatic rings. The molecule has 0 aliphatic carbocycles. The van der Waals surface area contributed by atoms with E-state index in [9.17, 15) is 13.2 Å². The molecule has 1 aliphatic heterocycles. The largest absolute Gasteiger partial charge is 0.465 e. The molecule has 1 heterocycles. The summed E-state index contributed by atoms with van der Waals surface area (Å²) in [6.45, 7) is 4.30. The number of nitrogens with zero attached hydrogens (tertiary/aromatic N) is 2. The van der Waals surface area contributed by atoms with Crippen molar-refractivity contribution in [3.63, 3.8) is 0 Å². The van der Waals surface area contributed by atoms with Crippen LogP contribution in [0.3, 0.4) is 0 Å². The minimum Gasteiger partial charge on any atom is -0.465 e. The quantitative estimate of drug-likeness (QED) is 0.715. The first-order chi connectivity index (χ1) is 13.3. The van der Waals surface area contributed by atoms with Crippen molar-refractivity contribution in [2.75, 3.05) is 30.0 Å². The molecule has 2 aromatic carbocycles. The third-order valence-electron chi connectivity index (χ3n) is 4.88. The summed E-state index contributed by atoms with van der Waals surface area (Å²) in [6, 6.07) is 14.9. The van der Waals surface area contributed by atoms with Crippen LogP contribution in [0, 0.1) is 0 Å².